The van der Waals surface area contributed by atoms with Crippen LogP contribution in [0, 0.1) is 16.8 Å². The summed E-state index contributed by atoms with van der Waals surface area (Å²) in [6.07, 6.45) is 0.429. The van der Waals surface area contributed by atoms with E-state index in [2.05, 4.69) is 0 Å². The number of nitrogens with zero attached hydrogens (tertiary/aromatic N) is 1. The lowest BCUT2D eigenvalue weighted by Gasteiger charge is -2.41. The number of ketones is 1. The van der Waals surface area contributed by atoms with Gasteiger partial charge in [0, 0.05) is 12.1 Å². The molecule has 1 aliphatic rings. The van der Waals surface area contributed by atoms with Gasteiger partial charge in [-0.2, -0.15) is 0 Å². The summed E-state index contributed by atoms with van der Waals surface area (Å²) in [5, 5.41) is 21.9. The zero-order valence-corrected chi connectivity index (χ0v) is 15.2. The molecule has 140 valence electrons. The molecule has 0 aromatic heterocycles. The van der Waals surface area contributed by atoms with E-state index in [9.17, 15) is 28.7 Å². The highest BCUT2D eigenvalue weighted by Gasteiger charge is 2.43. The van der Waals surface area contributed by atoms with Gasteiger partial charge in [0.25, 0.3) is 0 Å². The maximum Gasteiger partial charge on any atom is 0.345 e. The number of aliphatic carboxylic acids is 1. The number of carboxylic acids is 1. The molecule has 0 amide bonds. The van der Waals surface area contributed by atoms with Crippen LogP contribution in [0.25, 0.3) is 0 Å². The number of anilines is 1. The summed E-state index contributed by atoms with van der Waals surface area (Å²) in [5.74, 6) is -5.27. The molecule has 3 rings (SSSR count). The van der Waals surface area contributed by atoms with Gasteiger partial charge >= 0.3 is 5.97 Å². The lowest BCUT2D eigenvalue weighted by Crippen LogP contribution is -2.39. The first kappa shape index (κ1) is 19.5. The van der Waals surface area contributed by atoms with Crippen LogP contribution in [0.2, 0.25) is 15.1 Å². The molecule has 0 saturated carbocycles. The van der Waals surface area contributed by atoms with Gasteiger partial charge in [-0.3, -0.25) is 9.44 Å². The smallest absolute Gasteiger partial charge is 0.345 e. The molecule has 0 aliphatic carbocycles. The van der Waals surface area contributed by atoms with E-state index in [1.54, 1.807) is 0 Å². The van der Waals surface area contributed by atoms with Crippen LogP contribution < -0.4 is 10.4 Å². The molecule has 1 atom stereocenters. The Morgan fingerprint density at radius 1 is 1.11 bits per heavy atom. The largest absolute Gasteiger partial charge is 0.617 e. The molecule has 0 bridgehead atoms. The highest BCUT2D eigenvalue weighted by Crippen LogP contribution is 2.51. The SMILES string of the molecule is Nc1cc([N+]2([O-])C=C(C(=O)O)C(=O)c3cc(Cl)c(Cl)c(Cl)c32)c(F)cc1F. The van der Waals surface area contributed by atoms with Crippen LogP contribution in [0.5, 0.6) is 0 Å². The van der Waals surface area contributed by atoms with Crippen LogP contribution in [0.1, 0.15) is 10.4 Å². The molecule has 0 saturated heterocycles. The average Bonchev–Trinajstić information content (AvgIpc) is 2.58. The highest BCUT2D eigenvalue weighted by molar-refractivity contribution is 6.50. The number of halogens is 5. The molecular weight excluding hydrogens is 429 g/mol. The summed E-state index contributed by atoms with van der Waals surface area (Å²) in [6.45, 7) is 0. The van der Waals surface area contributed by atoms with Crippen LogP contribution in [0.3, 0.4) is 0 Å². The number of nitrogens with two attached hydrogens (primary N) is 1. The Hall–Kier alpha value is -2.23. The van der Waals surface area contributed by atoms with Crippen molar-refractivity contribution < 1.29 is 23.5 Å². The monoisotopic (exact) mass is 434 g/mol. The predicted octanol–water partition coefficient (Wildman–Crippen LogP) is 4.81. The fourth-order valence-corrected chi connectivity index (χ4v) is 3.41. The van der Waals surface area contributed by atoms with Crippen molar-refractivity contribution in [1.82, 2.24) is 4.65 Å². The van der Waals surface area contributed by atoms with E-state index in [0.717, 1.165) is 6.07 Å². The van der Waals surface area contributed by atoms with Gasteiger partial charge in [-0.1, -0.05) is 34.8 Å². The number of benzene rings is 2. The minimum absolute atomic E-state index is 0.217. The van der Waals surface area contributed by atoms with Gasteiger partial charge in [-0.15, -0.1) is 0 Å². The molecule has 2 aromatic carbocycles. The van der Waals surface area contributed by atoms with E-state index < -0.39 is 61.3 Å². The van der Waals surface area contributed by atoms with Crippen molar-refractivity contribution in [2.45, 2.75) is 0 Å². The predicted molar refractivity (Wildman–Crippen MR) is 97.1 cm³/mol. The third kappa shape index (κ3) is 2.86. The zero-order chi connectivity index (χ0) is 20.3. The Balaban J connectivity index is 2.48. The molecular formula is C16H7Cl3F2N2O4. The number of Topliss-reactive ketones (excluding diaryl/α,β-unsaturated/α-hetero) is 1. The van der Waals surface area contributed by atoms with E-state index in [0.29, 0.717) is 18.3 Å². The number of hydrogen-bond donors (Lipinski definition) is 2. The molecule has 3 N–H and O–H groups in total. The van der Waals surface area contributed by atoms with Crippen molar-refractivity contribution in [3.8, 4) is 0 Å². The molecule has 0 fully saturated rings. The summed E-state index contributed by atoms with van der Waals surface area (Å²) in [5.41, 5.74) is 2.06. The molecule has 6 nitrogen and oxygen atoms in total. The number of nitrogen functional groups attached to an aromatic ring is 1. The fourth-order valence-electron chi connectivity index (χ4n) is 2.68. The summed E-state index contributed by atoms with van der Waals surface area (Å²) in [4.78, 5) is 23.9. The highest BCUT2D eigenvalue weighted by atomic mass is 35.5. The topological polar surface area (TPSA) is 103 Å². The molecule has 11 heteroatoms. The van der Waals surface area contributed by atoms with E-state index in [-0.39, 0.29) is 10.0 Å². The van der Waals surface area contributed by atoms with Gasteiger partial charge in [0.2, 0.25) is 5.78 Å². The summed E-state index contributed by atoms with van der Waals surface area (Å²) in [7, 11) is 0. The van der Waals surface area contributed by atoms with E-state index in [1.165, 1.54) is 0 Å². The molecule has 1 heterocycles. The van der Waals surface area contributed by atoms with Crippen molar-refractivity contribution in [3.05, 3.63) is 67.4 Å². The summed E-state index contributed by atoms with van der Waals surface area (Å²) >= 11 is 17.9. The van der Waals surface area contributed by atoms with E-state index in [1.807, 2.05) is 0 Å². The van der Waals surface area contributed by atoms with Crippen molar-refractivity contribution in [2.24, 2.45) is 0 Å². The number of carboxylic acid groups (broad SMARTS) is 1. The maximum absolute atomic E-state index is 14.4. The van der Waals surface area contributed by atoms with E-state index in [4.69, 9.17) is 40.5 Å². The van der Waals surface area contributed by atoms with Crippen molar-refractivity contribution >= 4 is 63.6 Å². The van der Waals surface area contributed by atoms with Crippen molar-refractivity contribution in [3.63, 3.8) is 0 Å². The van der Waals surface area contributed by atoms with Gasteiger partial charge in [-0.05, 0) is 6.07 Å². The zero-order valence-electron chi connectivity index (χ0n) is 12.9. The Bertz CT molecular complexity index is 1070. The quantitative estimate of drug-likeness (QED) is 0.232. The van der Waals surface area contributed by atoms with Gasteiger partial charge in [0.1, 0.15) is 17.0 Å². The Kier molecular flexibility index (Phi) is 4.65. The number of carbonyl (C=O) groups excluding carboxylic acids is 1. The van der Waals surface area contributed by atoms with Gasteiger partial charge < -0.3 is 16.0 Å². The van der Waals surface area contributed by atoms with Crippen LogP contribution in [-0.2, 0) is 4.79 Å². The number of hydrogen-bond acceptors (Lipinski definition) is 4. The lowest BCUT2D eigenvalue weighted by atomic mass is 9.96. The van der Waals surface area contributed by atoms with Crippen molar-refractivity contribution in [1.29, 1.82) is 0 Å². The third-order valence-electron chi connectivity index (χ3n) is 3.92. The minimum Gasteiger partial charge on any atom is -0.617 e. The Morgan fingerprint density at radius 3 is 2.33 bits per heavy atom. The molecule has 27 heavy (non-hydrogen) atoms. The standard InChI is InChI=1S/C16H7Cl3F2N2O4/c17-7-1-5-14(13(19)12(7)18)23(27,4-6(15(5)24)16(25)26)11-3-10(22)8(20)2-9(11)21/h1-4H,22H2,(H,25,26). The second-order valence-corrected chi connectivity index (χ2v) is 6.71. The molecule has 2 aromatic rings. The van der Waals surface area contributed by atoms with Gasteiger partial charge in [0.05, 0.1) is 21.3 Å². The number of fused-ring (bicyclic) bond motifs is 1. The Labute approximate surface area is 165 Å². The Morgan fingerprint density at radius 2 is 1.74 bits per heavy atom. The first-order valence-corrected chi connectivity index (χ1v) is 8.16. The average molecular weight is 436 g/mol. The lowest BCUT2D eigenvalue weighted by molar-refractivity contribution is -0.132. The number of rotatable bonds is 2. The second kappa shape index (κ2) is 6.43. The fraction of sp³-hybridized carbons (Fsp3) is 0. The normalized spacial score (nSPS) is 18.9. The van der Waals surface area contributed by atoms with Gasteiger partial charge in [0.15, 0.2) is 22.8 Å². The van der Waals surface area contributed by atoms with Crippen LogP contribution in [-0.4, -0.2) is 16.9 Å². The van der Waals surface area contributed by atoms with Crippen LogP contribution >= 0.6 is 34.8 Å². The van der Waals surface area contributed by atoms with Gasteiger partial charge in [-0.25, -0.2) is 13.6 Å². The maximum atomic E-state index is 14.4. The van der Waals surface area contributed by atoms with Crippen LogP contribution in [0.4, 0.5) is 25.8 Å². The molecule has 0 spiro atoms. The summed E-state index contributed by atoms with van der Waals surface area (Å²) in [6, 6.07) is 2.00. The second-order valence-electron chi connectivity index (χ2n) is 5.54. The van der Waals surface area contributed by atoms with Crippen LogP contribution in [0.15, 0.2) is 30.0 Å². The molecule has 1 aliphatic heterocycles. The van der Waals surface area contributed by atoms with Crippen molar-refractivity contribution in [2.75, 3.05) is 5.73 Å². The summed E-state index contributed by atoms with van der Waals surface area (Å²) < 4.78 is 25.9. The van der Waals surface area contributed by atoms with E-state index >= 15 is 0 Å². The first-order valence-electron chi connectivity index (χ1n) is 7.02. The third-order valence-corrected chi connectivity index (χ3v) is 5.18. The molecule has 1 unspecified atom stereocenters. The molecule has 0 radical (unpaired) electrons. The number of hydroxylamine groups is 1. The number of quaternary nitrogens is 1. The minimum atomic E-state index is -1.98. The first-order chi connectivity index (χ1) is 12.5. The number of carbonyl (C=O) groups is 2.